The molecule has 0 bridgehead atoms. The van der Waals surface area contributed by atoms with Crippen LogP contribution in [0.3, 0.4) is 0 Å². The second kappa shape index (κ2) is 3.97. The molecule has 1 saturated heterocycles. The van der Waals surface area contributed by atoms with Crippen molar-refractivity contribution in [2.75, 3.05) is 13.1 Å². The molecule has 0 N–H and O–H groups in total. The van der Waals surface area contributed by atoms with Crippen molar-refractivity contribution in [2.45, 2.75) is 13.0 Å². The third-order valence-electron chi connectivity index (χ3n) is 3.38. The van der Waals surface area contributed by atoms with E-state index in [1.807, 2.05) is 37.0 Å². The van der Waals surface area contributed by atoms with E-state index in [4.69, 9.17) is 0 Å². The predicted octanol–water partition coefficient (Wildman–Crippen LogP) is 0.622. The van der Waals surface area contributed by atoms with Gasteiger partial charge in [-0.2, -0.15) is 10.2 Å². The Bertz CT molecular complexity index is 546. The molecule has 0 aromatic carbocycles. The minimum atomic E-state index is 0.00195. The van der Waals surface area contributed by atoms with E-state index in [2.05, 4.69) is 10.2 Å². The third-order valence-corrected chi connectivity index (χ3v) is 3.38. The summed E-state index contributed by atoms with van der Waals surface area (Å²) in [5, 5.41) is 8.39. The van der Waals surface area contributed by atoms with Gasteiger partial charge in [0, 0.05) is 38.2 Å². The molecule has 0 aliphatic carbocycles. The Labute approximate surface area is 105 Å². The summed E-state index contributed by atoms with van der Waals surface area (Å²) in [5.41, 5.74) is 1.51. The summed E-state index contributed by atoms with van der Waals surface area (Å²) in [7, 11) is 1.84. The van der Waals surface area contributed by atoms with Gasteiger partial charge in [0.15, 0.2) is 5.69 Å². The fourth-order valence-electron chi connectivity index (χ4n) is 2.11. The lowest BCUT2D eigenvalue weighted by Gasteiger charge is -2.38. The first kappa shape index (κ1) is 11.0. The van der Waals surface area contributed by atoms with Gasteiger partial charge in [0.2, 0.25) is 0 Å². The van der Waals surface area contributed by atoms with Crippen LogP contribution in [-0.4, -0.2) is 43.5 Å². The van der Waals surface area contributed by atoms with Crippen molar-refractivity contribution in [3.05, 3.63) is 35.9 Å². The van der Waals surface area contributed by atoms with Gasteiger partial charge in [-0.15, -0.1) is 0 Å². The largest absolute Gasteiger partial charge is 0.333 e. The van der Waals surface area contributed by atoms with Crippen molar-refractivity contribution >= 4 is 5.91 Å². The van der Waals surface area contributed by atoms with E-state index in [0.717, 1.165) is 5.69 Å². The van der Waals surface area contributed by atoms with Gasteiger partial charge in [0.25, 0.3) is 5.91 Å². The van der Waals surface area contributed by atoms with Crippen molar-refractivity contribution < 1.29 is 4.79 Å². The van der Waals surface area contributed by atoms with Gasteiger partial charge in [-0.3, -0.25) is 14.2 Å². The van der Waals surface area contributed by atoms with Crippen LogP contribution in [-0.2, 0) is 7.05 Å². The second-order valence-corrected chi connectivity index (χ2v) is 4.64. The van der Waals surface area contributed by atoms with Crippen molar-refractivity contribution in [1.82, 2.24) is 24.5 Å². The Morgan fingerprint density at radius 2 is 2.22 bits per heavy atom. The van der Waals surface area contributed by atoms with Crippen molar-refractivity contribution in [2.24, 2.45) is 7.05 Å². The number of hydrogen-bond donors (Lipinski definition) is 0. The molecule has 0 radical (unpaired) electrons. The summed E-state index contributed by atoms with van der Waals surface area (Å²) in [6.45, 7) is 3.35. The van der Waals surface area contributed by atoms with Gasteiger partial charge < -0.3 is 4.90 Å². The quantitative estimate of drug-likeness (QED) is 0.779. The lowest BCUT2D eigenvalue weighted by Crippen LogP contribution is -2.51. The maximum absolute atomic E-state index is 12.1. The molecule has 2 aromatic heterocycles. The van der Waals surface area contributed by atoms with Gasteiger partial charge in [-0.05, 0) is 19.1 Å². The Morgan fingerprint density at radius 3 is 2.78 bits per heavy atom. The van der Waals surface area contributed by atoms with Crippen LogP contribution in [0.4, 0.5) is 0 Å². The number of rotatable bonds is 2. The lowest BCUT2D eigenvalue weighted by molar-refractivity contribution is 0.0495. The number of aromatic nitrogens is 4. The summed E-state index contributed by atoms with van der Waals surface area (Å²) < 4.78 is 3.62. The molecule has 3 heterocycles. The number of carbonyl (C=O) groups is 1. The summed E-state index contributed by atoms with van der Waals surface area (Å²) in [6, 6.07) is 4.02. The van der Waals surface area contributed by atoms with Crippen molar-refractivity contribution in [3.8, 4) is 0 Å². The minimum absolute atomic E-state index is 0.00195. The van der Waals surface area contributed by atoms with E-state index in [1.165, 1.54) is 0 Å². The lowest BCUT2D eigenvalue weighted by atomic mass is 10.1. The molecule has 0 spiro atoms. The van der Waals surface area contributed by atoms with E-state index < -0.39 is 0 Å². The molecular formula is C12H15N5O. The first-order chi connectivity index (χ1) is 8.65. The van der Waals surface area contributed by atoms with Gasteiger partial charge in [-0.25, -0.2) is 0 Å². The van der Waals surface area contributed by atoms with Gasteiger partial charge in [0.05, 0.1) is 6.04 Å². The van der Waals surface area contributed by atoms with E-state index in [-0.39, 0.29) is 5.91 Å². The third kappa shape index (κ3) is 1.70. The zero-order valence-electron chi connectivity index (χ0n) is 10.4. The normalized spacial score (nSPS) is 15.8. The highest BCUT2D eigenvalue weighted by molar-refractivity contribution is 5.93. The molecule has 2 aromatic rings. The molecule has 0 unspecified atom stereocenters. The highest BCUT2D eigenvalue weighted by atomic mass is 16.2. The first-order valence-electron chi connectivity index (χ1n) is 5.94. The molecule has 0 atom stereocenters. The second-order valence-electron chi connectivity index (χ2n) is 4.64. The molecule has 1 fully saturated rings. The zero-order chi connectivity index (χ0) is 12.7. The van der Waals surface area contributed by atoms with Crippen LogP contribution in [0.5, 0.6) is 0 Å². The van der Waals surface area contributed by atoms with E-state index in [0.29, 0.717) is 24.8 Å². The summed E-state index contributed by atoms with van der Waals surface area (Å²) in [6.07, 6.45) is 3.68. The highest BCUT2D eigenvalue weighted by Crippen LogP contribution is 2.22. The summed E-state index contributed by atoms with van der Waals surface area (Å²) >= 11 is 0. The fourth-order valence-corrected chi connectivity index (χ4v) is 2.11. The van der Waals surface area contributed by atoms with Crippen molar-refractivity contribution in [3.63, 3.8) is 0 Å². The Balaban J connectivity index is 1.66. The number of amides is 1. The van der Waals surface area contributed by atoms with Crippen LogP contribution >= 0.6 is 0 Å². The number of aryl methyl sites for hydroxylation is 2. The van der Waals surface area contributed by atoms with Crippen LogP contribution in [0, 0.1) is 6.92 Å². The topological polar surface area (TPSA) is 56.0 Å². The van der Waals surface area contributed by atoms with Gasteiger partial charge in [-0.1, -0.05) is 0 Å². The first-order valence-corrected chi connectivity index (χ1v) is 5.94. The maximum Gasteiger partial charge on any atom is 0.274 e. The molecular weight excluding hydrogens is 230 g/mol. The van der Waals surface area contributed by atoms with Gasteiger partial charge in [0.1, 0.15) is 0 Å². The molecule has 0 saturated carbocycles. The Hall–Kier alpha value is -2.11. The maximum atomic E-state index is 12.1. The SMILES string of the molecule is Cc1cc(C(=O)N2CC(n3cccn3)C2)nn1C. The fraction of sp³-hybridized carbons (Fsp3) is 0.417. The Morgan fingerprint density at radius 1 is 1.44 bits per heavy atom. The van der Waals surface area contributed by atoms with Crippen LogP contribution in [0.2, 0.25) is 0 Å². The van der Waals surface area contributed by atoms with Crippen LogP contribution in [0.15, 0.2) is 24.5 Å². The molecule has 1 amide bonds. The van der Waals surface area contributed by atoms with Gasteiger partial charge >= 0.3 is 0 Å². The number of hydrogen-bond acceptors (Lipinski definition) is 3. The summed E-state index contributed by atoms with van der Waals surface area (Å²) in [5.74, 6) is 0.00195. The number of carbonyl (C=O) groups excluding carboxylic acids is 1. The van der Waals surface area contributed by atoms with E-state index >= 15 is 0 Å². The van der Waals surface area contributed by atoms with Crippen LogP contribution < -0.4 is 0 Å². The monoisotopic (exact) mass is 245 g/mol. The van der Waals surface area contributed by atoms with Crippen LogP contribution in [0.1, 0.15) is 22.2 Å². The molecule has 6 nitrogen and oxygen atoms in total. The predicted molar refractivity (Wildman–Crippen MR) is 65.1 cm³/mol. The average Bonchev–Trinajstić information content (AvgIpc) is 2.88. The minimum Gasteiger partial charge on any atom is -0.333 e. The standard InChI is InChI=1S/C12H15N5O/c1-9-6-11(14-15(9)2)12(18)16-7-10(8-16)17-5-3-4-13-17/h3-6,10H,7-8H2,1-2H3. The van der Waals surface area contributed by atoms with Crippen LogP contribution in [0.25, 0.3) is 0 Å². The number of likely N-dealkylation sites (tertiary alicyclic amines) is 1. The highest BCUT2D eigenvalue weighted by Gasteiger charge is 2.33. The molecule has 6 heteroatoms. The van der Waals surface area contributed by atoms with Crippen molar-refractivity contribution in [1.29, 1.82) is 0 Å². The average molecular weight is 245 g/mol. The molecule has 18 heavy (non-hydrogen) atoms. The Kier molecular flexibility index (Phi) is 2.43. The van der Waals surface area contributed by atoms with E-state index in [9.17, 15) is 4.79 Å². The smallest absolute Gasteiger partial charge is 0.274 e. The molecule has 3 rings (SSSR count). The molecule has 1 aliphatic heterocycles. The molecule has 1 aliphatic rings. The molecule has 94 valence electrons. The zero-order valence-corrected chi connectivity index (χ0v) is 10.4. The van der Waals surface area contributed by atoms with E-state index in [1.54, 1.807) is 15.8 Å². The number of nitrogens with zero attached hydrogens (tertiary/aromatic N) is 5. The summed E-state index contributed by atoms with van der Waals surface area (Å²) in [4.78, 5) is 13.9.